The lowest BCUT2D eigenvalue weighted by molar-refractivity contribution is -0.167. The summed E-state index contributed by atoms with van der Waals surface area (Å²) in [6.45, 7) is 6.49. The molecule has 6 nitrogen and oxygen atoms in total. The van der Waals surface area contributed by atoms with Crippen LogP contribution in [-0.2, 0) is 28.6 Å². The first-order chi connectivity index (χ1) is 31.0. The fourth-order valence-electron chi connectivity index (χ4n) is 6.87. The van der Waals surface area contributed by atoms with Gasteiger partial charge in [0.15, 0.2) is 6.10 Å². The molecule has 0 rings (SSSR count). The SMILES string of the molecule is CCCCC/C=C\C/C=C\C/C=C\C/C=C\CCCC(=O)OC[C@H](COC(=O)CCCCCCC/C=C\C/C=C\CCCCC)OC(=O)CCCCCCC/C=C\CCCCCC. The fourth-order valence-corrected chi connectivity index (χ4v) is 6.87. The summed E-state index contributed by atoms with van der Waals surface area (Å²) in [5.41, 5.74) is 0. The highest BCUT2D eigenvalue weighted by Crippen LogP contribution is 2.13. The topological polar surface area (TPSA) is 78.9 Å². The van der Waals surface area contributed by atoms with E-state index in [-0.39, 0.29) is 37.5 Å². The van der Waals surface area contributed by atoms with Crippen molar-refractivity contribution in [3.63, 3.8) is 0 Å². The molecule has 0 heterocycles. The zero-order chi connectivity index (χ0) is 45.8. The van der Waals surface area contributed by atoms with Gasteiger partial charge in [-0.3, -0.25) is 14.4 Å². The molecular formula is C57H96O6. The van der Waals surface area contributed by atoms with Crippen LogP contribution in [0.25, 0.3) is 0 Å². The predicted molar refractivity (Wildman–Crippen MR) is 270 cm³/mol. The second kappa shape index (κ2) is 51.2. The average molecular weight is 877 g/mol. The minimum Gasteiger partial charge on any atom is -0.462 e. The Bertz CT molecular complexity index is 1240. The van der Waals surface area contributed by atoms with Gasteiger partial charge in [-0.05, 0) is 116 Å². The molecule has 0 aromatic rings. The number of carbonyl (C=O) groups excluding carboxylic acids is 3. The van der Waals surface area contributed by atoms with E-state index in [1.807, 2.05) is 0 Å². The largest absolute Gasteiger partial charge is 0.462 e. The molecule has 0 bridgehead atoms. The van der Waals surface area contributed by atoms with Gasteiger partial charge in [0.05, 0.1) is 0 Å². The standard InChI is InChI=1S/C57H96O6/c1-4-7-10-13-16-19-22-25-27-28-30-33-35-38-41-44-47-50-56(59)62-53-54(63-57(60)51-48-45-42-39-36-31-24-21-18-15-12-9-6-3)52-61-55(58)49-46-43-40-37-34-32-29-26-23-20-17-14-11-8-5-2/h16-17,19-21,24-27,29-30,33,38,41,54H,4-15,18,22-23,28,31-32,34-37,39-40,42-53H2,1-3H3/b19-16-,20-17-,24-21-,27-25-,29-26-,33-30-,41-38-/t54-/m0/s1. The van der Waals surface area contributed by atoms with E-state index < -0.39 is 6.10 Å². The molecule has 0 aliphatic carbocycles. The van der Waals surface area contributed by atoms with E-state index in [4.69, 9.17) is 14.2 Å². The summed E-state index contributed by atoms with van der Waals surface area (Å²) < 4.78 is 16.7. The van der Waals surface area contributed by atoms with Gasteiger partial charge >= 0.3 is 17.9 Å². The monoisotopic (exact) mass is 877 g/mol. The Labute approximate surface area is 388 Å². The van der Waals surface area contributed by atoms with Crippen molar-refractivity contribution in [1.29, 1.82) is 0 Å². The van der Waals surface area contributed by atoms with Crippen LogP contribution < -0.4 is 0 Å². The van der Waals surface area contributed by atoms with Gasteiger partial charge in [0.2, 0.25) is 0 Å². The average Bonchev–Trinajstić information content (AvgIpc) is 3.28. The van der Waals surface area contributed by atoms with Gasteiger partial charge < -0.3 is 14.2 Å². The first-order valence-corrected chi connectivity index (χ1v) is 26.1. The highest BCUT2D eigenvalue weighted by atomic mass is 16.6. The van der Waals surface area contributed by atoms with E-state index in [1.165, 1.54) is 89.9 Å². The predicted octanol–water partition coefficient (Wildman–Crippen LogP) is 17.2. The summed E-state index contributed by atoms with van der Waals surface area (Å²) in [6, 6.07) is 0. The van der Waals surface area contributed by atoms with Gasteiger partial charge in [0.1, 0.15) is 13.2 Å². The Kier molecular flexibility index (Phi) is 48.5. The van der Waals surface area contributed by atoms with Crippen LogP contribution in [0.1, 0.15) is 239 Å². The second-order valence-corrected chi connectivity index (χ2v) is 17.1. The van der Waals surface area contributed by atoms with E-state index >= 15 is 0 Å². The van der Waals surface area contributed by atoms with E-state index in [1.54, 1.807) is 0 Å². The number of esters is 3. The molecule has 360 valence electrons. The number of carbonyl (C=O) groups is 3. The molecule has 0 N–H and O–H groups in total. The summed E-state index contributed by atoms with van der Waals surface area (Å²) in [7, 11) is 0. The van der Waals surface area contributed by atoms with Crippen molar-refractivity contribution in [2.75, 3.05) is 13.2 Å². The van der Waals surface area contributed by atoms with E-state index in [0.717, 1.165) is 103 Å². The van der Waals surface area contributed by atoms with Crippen LogP contribution in [0.5, 0.6) is 0 Å². The highest BCUT2D eigenvalue weighted by Gasteiger charge is 2.19. The summed E-state index contributed by atoms with van der Waals surface area (Å²) in [5.74, 6) is -0.986. The Morgan fingerprint density at radius 1 is 0.317 bits per heavy atom. The van der Waals surface area contributed by atoms with Crippen molar-refractivity contribution in [3.05, 3.63) is 85.1 Å². The maximum absolute atomic E-state index is 12.8. The molecule has 0 aliphatic rings. The molecule has 0 aromatic heterocycles. The van der Waals surface area contributed by atoms with E-state index in [9.17, 15) is 14.4 Å². The lowest BCUT2D eigenvalue weighted by Gasteiger charge is -2.18. The normalized spacial score (nSPS) is 12.7. The Hall–Kier alpha value is -3.41. The number of hydrogen-bond acceptors (Lipinski definition) is 6. The Balaban J connectivity index is 4.51. The molecule has 0 saturated heterocycles. The molecule has 63 heavy (non-hydrogen) atoms. The van der Waals surface area contributed by atoms with Gasteiger partial charge in [-0.15, -0.1) is 0 Å². The van der Waals surface area contributed by atoms with Crippen LogP contribution in [0.3, 0.4) is 0 Å². The molecule has 0 fully saturated rings. The minimum atomic E-state index is -0.808. The van der Waals surface area contributed by atoms with Crippen molar-refractivity contribution in [1.82, 2.24) is 0 Å². The molecule has 0 aliphatic heterocycles. The molecular weight excluding hydrogens is 781 g/mol. The van der Waals surface area contributed by atoms with Crippen LogP contribution in [0, 0.1) is 0 Å². The number of allylic oxidation sites excluding steroid dienone is 14. The highest BCUT2D eigenvalue weighted by molar-refractivity contribution is 5.71. The van der Waals surface area contributed by atoms with Gasteiger partial charge in [-0.25, -0.2) is 0 Å². The third-order valence-corrected chi connectivity index (χ3v) is 10.8. The maximum atomic E-state index is 12.8. The molecule has 0 saturated carbocycles. The van der Waals surface area contributed by atoms with Crippen LogP contribution in [0.15, 0.2) is 85.1 Å². The Morgan fingerprint density at radius 3 is 1.00 bits per heavy atom. The first kappa shape index (κ1) is 59.6. The van der Waals surface area contributed by atoms with E-state index in [2.05, 4.69) is 106 Å². The zero-order valence-corrected chi connectivity index (χ0v) is 41.1. The van der Waals surface area contributed by atoms with E-state index in [0.29, 0.717) is 19.3 Å². The fraction of sp³-hybridized carbons (Fsp3) is 0.702. The van der Waals surface area contributed by atoms with Crippen molar-refractivity contribution in [2.24, 2.45) is 0 Å². The van der Waals surface area contributed by atoms with Crippen molar-refractivity contribution in [3.8, 4) is 0 Å². The number of hydrogen-bond donors (Lipinski definition) is 0. The van der Waals surface area contributed by atoms with Gasteiger partial charge in [-0.1, -0.05) is 189 Å². The van der Waals surface area contributed by atoms with Gasteiger partial charge in [0, 0.05) is 19.3 Å². The summed E-state index contributed by atoms with van der Waals surface area (Å²) in [6.07, 6.45) is 65.6. The molecule has 6 heteroatoms. The van der Waals surface area contributed by atoms with Crippen LogP contribution in [0.4, 0.5) is 0 Å². The number of unbranched alkanes of at least 4 members (excludes halogenated alkanes) is 21. The smallest absolute Gasteiger partial charge is 0.306 e. The number of rotatable bonds is 46. The summed E-state index contributed by atoms with van der Waals surface area (Å²) in [5, 5.41) is 0. The molecule has 1 atom stereocenters. The lowest BCUT2D eigenvalue weighted by atomic mass is 10.1. The number of ether oxygens (including phenoxy) is 3. The third-order valence-electron chi connectivity index (χ3n) is 10.8. The van der Waals surface area contributed by atoms with Crippen LogP contribution in [-0.4, -0.2) is 37.2 Å². The van der Waals surface area contributed by atoms with Crippen LogP contribution >= 0.6 is 0 Å². The molecule has 0 spiro atoms. The maximum Gasteiger partial charge on any atom is 0.306 e. The Morgan fingerprint density at radius 2 is 0.587 bits per heavy atom. The third kappa shape index (κ3) is 49.5. The molecule has 0 unspecified atom stereocenters. The van der Waals surface area contributed by atoms with Crippen molar-refractivity contribution in [2.45, 2.75) is 245 Å². The molecule has 0 radical (unpaired) electrons. The zero-order valence-electron chi connectivity index (χ0n) is 41.1. The van der Waals surface area contributed by atoms with Gasteiger partial charge in [0.25, 0.3) is 0 Å². The van der Waals surface area contributed by atoms with Crippen molar-refractivity contribution >= 4 is 17.9 Å². The van der Waals surface area contributed by atoms with Crippen molar-refractivity contribution < 1.29 is 28.6 Å². The minimum absolute atomic E-state index is 0.105. The second-order valence-electron chi connectivity index (χ2n) is 17.1. The van der Waals surface area contributed by atoms with Gasteiger partial charge in [-0.2, -0.15) is 0 Å². The first-order valence-electron chi connectivity index (χ1n) is 26.1. The lowest BCUT2D eigenvalue weighted by Crippen LogP contribution is -2.30. The summed E-state index contributed by atoms with van der Waals surface area (Å²) in [4.78, 5) is 38.0. The summed E-state index contributed by atoms with van der Waals surface area (Å²) >= 11 is 0. The van der Waals surface area contributed by atoms with Crippen LogP contribution in [0.2, 0.25) is 0 Å². The quantitative estimate of drug-likeness (QED) is 0.0262. The molecule has 0 amide bonds. The molecule has 0 aromatic carbocycles.